The molecule has 3 N–H and O–H groups in total. The number of hydrogen-bond acceptors (Lipinski definition) is 5. The standard InChI is InChI=1S/C10H10N4O4/c1-2-18-10(17)5-3-6(15)14-4-12-7(8(11)16)9(14)13-5/h3-4,13H,2H2,1H3,(H2,11,16). The number of hydrogen-bond donors (Lipinski definition) is 2. The molecule has 0 bridgehead atoms. The van der Waals surface area contributed by atoms with Gasteiger partial charge in [-0.15, -0.1) is 0 Å². The SMILES string of the molecule is CCOC(=O)c1cc(=O)n2cnc(C(N)=O)c2[nH]1. The molecule has 8 heteroatoms. The second-order valence-electron chi connectivity index (χ2n) is 3.42. The fourth-order valence-electron chi connectivity index (χ4n) is 1.49. The summed E-state index contributed by atoms with van der Waals surface area (Å²) in [5.74, 6) is -1.48. The van der Waals surface area contributed by atoms with Crippen LogP contribution in [0.2, 0.25) is 0 Å². The Morgan fingerprint density at radius 3 is 2.89 bits per heavy atom. The second kappa shape index (κ2) is 4.32. The van der Waals surface area contributed by atoms with E-state index in [1.54, 1.807) is 6.92 Å². The number of primary amides is 1. The van der Waals surface area contributed by atoms with Crippen molar-refractivity contribution in [2.75, 3.05) is 6.61 Å². The molecular formula is C10H10N4O4. The summed E-state index contributed by atoms with van der Waals surface area (Å²) in [6, 6.07) is 1.07. The van der Waals surface area contributed by atoms with E-state index in [1.165, 1.54) is 0 Å². The van der Waals surface area contributed by atoms with E-state index >= 15 is 0 Å². The fourth-order valence-corrected chi connectivity index (χ4v) is 1.49. The second-order valence-corrected chi connectivity index (χ2v) is 3.42. The Labute approximate surface area is 100 Å². The van der Waals surface area contributed by atoms with E-state index in [4.69, 9.17) is 10.5 Å². The number of amides is 1. The van der Waals surface area contributed by atoms with Crippen LogP contribution in [0.3, 0.4) is 0 Å². The van der Waals surface area contributed by atoms with Gasteiger partial charge in [-0.2, -0.15) is 0 Å². The predicted octanol–water partition coefficient (Wildman–Crippen LogP) is -0.702. The van der Waals surface area contributed by atoms with Crippen molar-refractivity contribution < 1.29 is 14.3 Å². The predicted molar refractivity (Wildman–Crippen MR) is 60.3 cm³/mol. The molecule has 0 aliphatic carbocycles. The van der Waals surface area contributed by atoms with E-state index in [9.17, 15) is 14.4 Å². The molecule has 0 aliphatic heterocycles. The number of nitrogens with one attached hydrogen (secondary N) is 1. The average molecular weight is 250 g/mol. The van der Waals surface area contributed by atoms with Crippen LogP contribution in [0, 0.1) is 0 Å². The van der Waals surface area contributed by atoms with Crippen LogP contribution in [0.4, 0.5) is 0 Å². The molecule has 0 aromatic carbocycles. The van der Waals surface area contributed by atoms with Crippen molar-refractivity contribution in [3.63, 3.8) is 0 Å². The van der Waals surface area contributed by atoms with Crippen molar-refractivity contribution in [1.29, 1.82) is 0 Å². The zero-order valence-corrected chi connectivity index (χ0v) is 9.47. The van der Waals surface area contributed by atoms with Crippen LogP contribution in [0.25, 0.3) is 5.65 Å². The number of fused-ring (bicyclic) bond motifs is 1. The highest BCUT2D eigenvalue weighted by Gasteiger charge is 2.16. The summed E-state index contributed by atoms with van der Waals surface area (Å²) in [6.07, 6.45) is 1.16. The van der Waals surface area contributed by atoms with Crippen LogP contribution in [0.15, 0.2) is 17.2 Å². The number of nitrogens with zero attached hydrogens (tertiary/aromatic N) is 2. The number of aromatic amines is 1. The van der Waals surface area contributed by atoms with E-state index in [0.717, 1.165) is 16.8 Å². The highest BCUT2D eigenvalue weighted by atomic mass is 16.5. The molecule has 0 fully saturated rings. The number of esters is 1. The number of imidazole rings is 1. The van der Waals surface area contributed by atoms with Gasteiger partial charge in [0.15, 0.2) is 11.3 Å². The van der Waals surface area contributed by atoms with Gasteiger partial charge >= 0.3 is 5.97 Å². The highest BCUT2D eigenvalue weighted by Crippen LogP contribution is 2.05. The van der Waals surface area contributed by atoms with Crippen molar-refractivity contribution in [3.05, 3.63) is 34.1 Å². The molecule has 2 aromatic rings. The topological polar surface area (TPSA) is 120 Å². The molecule has 0 saturated carbocycles. The maximum absolute atomic E-state index is 11.7. The number of H-pyrrole nitrogens is 1. The Morgan fingerprint density at radius 2 is 2.28 bits per heavy atom. The van der Waals surface area contributed by atoms with Gasteiger partial charge < -0.3 is 15.5 Å². The molecule has 2 aromatic heterocycles. The molecule has 2 rings (SSSR count). The molecule has 0 aliphatic rings. The van der Waals surface area contributed by atoms with Crippen LogP contribution < -0.4 is 11.3 Å². The molecule has 1 amide bonds. The van der Waals surface area contributed by atoms with Gasteiger partial charge in [0.05, 0.1) is 6.61 Å². The smallest absolute Gasteiger partial charge is 0.354 e. The number of aromatic nitrogens is 3. The Hall–Kier alpha value is -2.64. The summed E-state index contributed by atoms with van der Waals surface area (Å²) in [6.45, 7) is 1.82. The van der Waals surface area contributed by atoms with Gasteiger partial charge in [0.2, 0.25) is 0 Å². The van der Waals surface area contributed by atoms with Gasteiger partial charge in [-0.05, 0) is 6.92 Å². The third-order valence-corrected chi connectivity index (χ3v) is 2.25. The maximum Gasteiger partial charge on any atom is 0.354 e. The van der Waals surface area contributed by atoms with E-state index < -0.39 is 17.4 Å². The van der Waals surface area contributed by atoms with E-state index in [2.05, 4.69) is 9.97 Å². The lowest BCUT2D eigenvalue weighted by Gasteiger charge is -2.02. The zero-order chi connectivity index (χ0) is 13.3. The average Bonchev–Trinajstić information content (AvgIpc) is 2.73. The molecule has 0 saturated heterocycles. The fraction of sp³-hybridized carbons (Fsp3) is 0.200. The normalized spacial score (nSPS) is 10.5. The van der Waals surface area contributed by atoms with Gasteiger partial charge in [0.1, 0.15) is 12.0 Å². The first-order valence-corrected chi connectivity index (χ1v) is 5.12. The summed E-state index contributed by atoms with van der Waals surface area (Å²) in [4.78, 5) is 40.6. The minimum atomic E-state index is -0.797. The minimum Gasteiger partial charge on any atom is -0.461 e. The van der Waals surface area contributed by atoms with Gasteiger partial charge in [-0.3, -0.25) is 14.0 Å². The van der Waals surface area contributed by atoms with Crippen molar-refractivity contribution in [2.45, 2.75) is 6.92 Å². The summed E-state index contributed by atoms with van der Waals surface area (Å²) < 4.78 is 5.84. The monoisotopic (exact) mass is 250 g/mol. The number of nitrogens with two attached hydrogens (primary N) is 1. The third kappa shape index (κ3) is 1.83. The lowest BCUT2D eigenvalue weighted by molar-refractivity contribution is 0.0519. The summed E-state index contributed by atoms with van der Waals surface area (Å²) >= 11 is 0. The lowest BCUT2D eigenvalue weighted by atomic mass is 10.3. The van der Waals surface area contributed by atoms with Crippen LogP contribution >= 0.6 is 0 Å². The summed E-state index contributed by atoms with van der Waals surface area (Å²) in [7, 11) is 0. The van der Waals surface area contributed by atoms with Crippen LogP contribution in [0.1, 0.15) is 27.9 Å². The highest BCUT2D eigenvalue weighted by molar-refractivity contribution is 5.97. The van der Waals surface area contributed by atoms with Gasteiger partial charge in [-0.25, -0.2) is 9.78 Å². The molecule has 94 valence electrons. The van der Waals surface area contributed by atoms with Crippen LogP contribution in [0.5, 0.6) is 0 Å². The molecule has 0 atom stereocenters. The van der Waals surface area contributed by atoms with Crippen molar-refractivity contribution >= 4 is 17.5 Å². The van der Waals surface area contributed by atoms with Crippen molar-refractivity contribution in [1.82, 2.24) is 14.4 Å². The van der Waals surface area contributed by atoms with Crippen LogP contribution in [-0.4, -0.2) is 32.9 Å². The van der Waals surface area contributed by atoms with Gasteiger partial charge in [0, 0.05) is 6.07 Å². The van der Waals surface area contributed by atoms with E-state index in [-0.39, 0.29) is 23.6 Å². The van der Waals surface area contributed by atoms with Gasteiger partial charge in [0.25, 0.3) is 11.5 Å². The molecule has 8 nitrogen and oxygen atoms in total. The van der Waals surface area contributed by atoms with Crippen molar-refractivity contribution in [2.24, 2.45) is 5.73 Å². The van der Waals surface area contributed by atoms with E-state index in [1.807, 2.05) is 0 Å². The first-order valence-electron chi connectivity index (χ1n) is 5.12. The zero-order valence-electron chi connectivity index (χ0n) is 9.47. The summed E-state index contributed by atoms with van der Waals surface area (Å²) in [5, 5.41) is 0. The minimum absolute atomic E-state index is 0.0580. The number of carbonyl (C=O) groups excluding carboxylic acids is 2. The Kier molecular flexibility index (Phi) is 2.84. The van der Waals surface area contributed by atoms with Crippen molar-refractivity contribution in [3.8, 4) is 0 Å². The van der Waals surface area contributed by atoms with E-state index in [0.29, 0.717) is 0 Å². The lowest BCUT2D eigenvalue weighted by Crippen LogP contribution is -2.19. The molecule has 0 unspecified atom stereocenters. The molecule has 18 heavy (non-hydrogen) atoms. The quantitative estimate of drug-likeness (QED) is 0.698. The first-order chi connectivity index (χ1) is 8.54. The summed E-state index contributed by atoms with van der Waals surface area (Å²) in [5.41, 5.74) is 4.50. The number of ether oxygens (including phenoxy) is 1. The molecule has 2 heterocycles. The Balaban J connectivity index is 2.66. The molecule has 0 radical (unpaired) electrons. The largest absolute Gasteiger partial charge is 0.461 e. The molecule has 0 spiro atoms. The number of carbonyl (C=O) groups is 2. The van der Waals surface area contributed by atoms with Crippen LogP contribution in [-0.2, 0) is 4.74 Å². The Bertz CT molecular complexity index is 685. The van der Waals surface area contributed by atoms with Gasteiger partial charge in [-0.1, -0.05) is 0 Å². The Morgan fingerprint density at radius 1 is 1.56 bits per heavy atom. The maximum atomic E-state index is 11.7. The molecular weight excluding hydrogens is 240 g/mol. The number of rotatable bonds is 3. The third-order valence-electron chi connectivity index (χ3n) is 2.25. The first kappa shape index (κ1) is 11.8.